The smallest absolute Gasteiger partial charge is 0.225 e. The third-order valence-corrected chi connectivity index (χ3v) is 5.00. The Morgan fingerprint density at radius 1 is 1.21 bits per heavy atom. The maximum absolute atomic E-state index is 6.11. The molecule has 2 atom stereocenters. The van der Waals surface area contributed by atoms with Gasteiger partial charge in [-0.15, -0.1) is 0 Å². The van der Waals surface area contributed by atoms with Crippen LogP contribution in [0.5, 0.6) is 11.6 Å². The first kappa shape index (κ1) is 17.6. The summed E-state index contributed by atoms with van der Waals surface area (Å²) >= 11 is 0. The largest absolute Gasteiger partial charge is 0.439 e. The SMILES string of the molecule is CC(C)(C)OC1OC1N1CCc2c(ncnc2Oc2ccc3[nH]ccc3c2)C1. The molecule has 1 saturated heterocycles. The molecule has 1 N–H and O–H groups in total. The summed E-state index contributed by atoms with van der Waals surface area (Å²) in [6.07, 6.45) is 4.16. The number of hydrogen-bond acceptors (Lipinski definition) is 6. The number of rotatable bonds is 4. The Balaban J connectivity index is 1.31. The molecule has 1 fully saturated rings. The topological polar surface area (TPSA) is 75.8 Å². The normalized spacial score (nSPS) is 22.2. The average Bonchev–Trinajstić information content (AvgIpc) is 3.23. The molecule has 0 saturated carbocycles. The van der Waals surface area contributed by atoms with E-state index in [1.54, 1.807) is 6.33 Å². The van der Waals surface area contributed by atoms with Gasteiger partial charge in [0.25, 0.3) is 0 Å². The maximum atomic E-state index is 6.11. The summed E-state index contributed by atoms with van der Waals surface area (Å²) in [5, 5.41) is 1.11. The van der Waals surface area contributed by atoms with E-state index in [-0.39, 0.29) is 18.1 Å². The molecule has 2 aliphatic heterocycles. The van der Waals surface area contributed by atoms with Crippen LogP contribution in [-0.4, -0.2) is 44.5 Å². The third-order valence-electron chi connectivity index (χ3n) is 5.00. The van der Waals surface area contributed by atoms with Crippen LogP contribution in [0, 0.1) is 0 Å². The van der Waals surface area contributed by atoms with E-state index in [1.165, 1.54) is 0 Å². The zero-order valence-electron chi connectivity index (χ0n) is 16.3. The Morgan fingerprint density at radius 2 is 2.11 bits per heavy atom. The minimum Gasteiger partial charge on any atom is -0.439 e. The second-order valence-electron chi connectivity index (χ2n) is 8.28. The van der Waals surface area contributed by atoms with E-state index < -0.39 is 0 Å². The van der Waals surface area contributed by atoms with Crippen molar-refractivity contribution in [2.24, 2.45) is 0 Å². The summed E-state index contributed by atoms with van der Waals surface area (Å²) in [6.45, 7) is 7.69. The number of nitrogens with zero attached hydrogens (tertiary/aromatic N) is 3. The summed E-state index contributed by atoms with van der Waals surface area (Å²) in [6, 6.07) is 8.01. The lowest BCUT2D eigenvalue weighted by atomic mass is 10.1. The van der Waals surface area contributed by atoms with Gasteiger partial charge in [0.2, 0.25) is 5.88 Å². The van der Waals surface area contributed by atoms with Gasteiger partial charge in [0.15, 0.2) is 12.5 Å². The lowest BCUT2D eigenvalue weighted by Crippen LogP contribution is -2.36. The summed E-state index contributed by atoms with van der Waals surface area (Å²) in [5.74, 6) is 1.42. The number of aromatic nitrogens is 3. The highest BCUT2D eigenvalue weighted by Crippen LogP contribution is 2.36. The van der Waals surface area contributed by atoms with E-state index in [4.69, 9.17) is 14.2 Å². The van der Waals surface area contributed by atoms with Crippen LogP contribution in [0.4, 0.5) is 0 Å². The van der Waals surface area contributed by atoms with Crippen molar-refractivity contribution in [1.29, 1.82) is 0 Å². The van der Waals surface area contributed by atoms with Crippen LogP contribution in [0.2, 0.25) is 0 Å². The summed E-state index contributed by atoms with van der Waals surface area (Å²) in [4.78, 5) is 14.3. The molecule has 7 nitrogen and oxygen atoms in total. The zero-order valence-corrected chi connectivity index (χ0v) is 16.3. The molecular formula is C21H24N4O3. The number of ether oxygens (including phenoxy) is 3. The fraction of sp³-hybridized carbons (Fsp3) is 0.429. The first-order chi connectivity index (χ1) is 13.5. The van der Waals surface area contributed by atoms with Gasteiger partial charge in [0.1, 0.15) is 12.1 Å². The van der Waals surface area contributed by atoms with E-state index in [9.17, 15) is 0 Å². The molecule has 0 bridgehead atoms. The van der Waals surface area contributed by atoms with Crippen molar-refractivity contribution in [2.45, 2.75) is 51.9 Å². The maximum Gasteiger partial charge on any atom is 0.225 e. The van der Waals surface area contributed by atoms with Gasteiger partial charge in [0.05, 0.1) is 11.3 Å². The van der Waals surface area contributed by atoms with Crippen molar-refractivity contribution in [3.05, 3.63) is 48.0 Å². The van der Waals surface area contributed by atoms with E-state index >= 15 is 0 Å². The summed E-state index contributed by atoms with van der Waals surface area (Å²) in [5.41, 5.74) is 2.94. The number of benzene rings is 1. The molecule has 0 radical (unpaired) electrons. The highest BCUT2D eigenvalue weighted by Gasteiger charge is 2.48. The van der Waals surface area contributed by atoms with Crippen LogP contribution in [0.15, 0.2) is 36.8 Å². The minimum atomic E-state index is -0.211. The fourth-order valence-corrected chi connectivity index (χ4v) is 3.64. The van der Waals surface area contributed by atoms with Crippen molar-refractivity contribution in [3.8, 4) is 11.6 Å². The lowest BCUT2D eigenvalue weighted by Gasteiger charge is -2.27. The molecular weight excluding hydrogens is 356 g/mol. The summed E-state index contributed by atoms with van der Waals surface area (Å²) < 4.78 is 17.8. The van der Waals surface area contributed by atoms with Crippen LogP contribution in [-0.2, 0) is 22.4 Å². The Labute approximate surface area is 163 Å². The van der Waals surface area contributed by atoms with Crippen molar-refractivity contribution in [2.75, 3.05) is 6.54 Å². The van der Waals surface area contributed by atoms with Crippen molar-refractivity contribution in [1.82, 2.24) is 19.9 Å². The molecule has 5 rings (SSSR count). The van der Waals surface area contributed by atoms with Crippen LogP contribution in [0.3, 0.4) is 0 Å². The molecule has 146 valence electrons. The quantitative estimate of drug-likeness (QED) is 0.697. The van der Waals surface area contributed by atoms with Crippen molar-refractivity contribution in [3.63, 3.8) is 0 Å². The van der Waals surface area contributed by atoms with Crippen LogP contribution >= 0.6 is 0 Å². The highest BCUT2D eigenvalue weighted by atomic mass is 16.8. The van der Waals surface area contributed by atoms with E-state index in [0.29, 0.717) is 12.4 Å². The molecule has 1 aromatic carbocycles. The van der Waals surface area contributed by atoms with Gasteiger partial charge in [-0.3, -0.25) is 4.90 Å². The first-order valence-electron chi connectivity index (χ1n) is 9.61. The number of hydrogen-bond donors (Lipinski definition) is 1. The molecule has 2 unspecified atom stereocenters. The third kappa shape index (κ3) is 3.48. The van der Waals surface area contributed by atoms with E-state index in [2.05, 4.69) is 19.9 Å². The number of epoxide rings is 1. The van der Waals surface area contributed by atoms with Gasteiger partial charge >= 0.3 is 0 Å². The molecule has 2 aliphatic rings. The van der Waals surface area contributed by atoms with Crippen LogP contribution in [0.25, 0.3) is 10.9 Å². The standard InChI is InChI=1S/C21H24N4O3/c1-21(2,3)28-20-19(27-20)25-9-7-15-17(11-25)23-12-24-18(15)26-14-4-5-16-13(10-14)6-8-22-16/h4-6,8,10,12,19-20,22H,7,9,11H2,1-3H3. The Morgan fingerprint density at radius 3 is 2.96 bits per heavy atom. The van der Waals surface area contributed by atoms with Crippen molar-refractivity contribution >= 4 is 10.9 Å². The van der Waals surface area contributed by atoms with Crippen LogP contribution in [0.1, 0.15) is 32.0 Å². The molecule has 28 heavy (non-hydrogen) atoms. The Hall–Kier alpha value is -2.48. The first-order valence-corrected chi connectivity index (χ1v) is 9.61. The highest BCUT2D eigenvalue weighted by molar-refractivity contribution is 5.80. The van der Waals surface area contributed by atoms with Gasteiger partial charge in [-0.25, -0.2) is 9.97 Å². The Bertz CT molecular complexity index is 1010. The lowest BCUT2D eigenvalue weighted by molar-refractivity contribution is -0.0578. The predicted octanol–water partition coefficient (Wildman–Crippen LogP) is 3.61. The van der Waals surface area contributed by atoms with E-state index in [0.717, 1.165) is 40.9 Å². The Kier molecular flexibility index (Phi) is 4.12. The molecule has 0 amide bonds. The predicted molar refractivity (Wildman–Crippen MR) is 104 cm³/mol. The van der Waals surface area contributed by atoms with E-state index in [1.807, 2.05) is 51.2 Å². The zero-order chi connectivity index (χ0) is 19.3. The van der Waals surface area contributed by atoms with Gasteiger partial charge in [-0.1, -0.05) is 0 Å². The fourth-order valence-electron chi connectivity index (χ4n) is 3.64. The van der Waals surface area contributed by atoms with Gasteiger partial charge in [-0.05, 0) is 51.5 Å². The molecule has 0 aliphatic carbocycles. The average molecular weight is 380 g/mol. The molecule has 7 heteroatoms. The number of nitrogens with one attached hydrogen (secondary N) is 1. The molecule has 0 spiro atoms. The second-order valence-corrected chi connectivity index (χ2v) is 8.28. The molecule has 2 aromatic heterocycles. The molecule has 4 heterocycles. The van der Waals surface area contributed by atoms with Gasteiger partial charge < -0.3 is 19.2 Å². The molecule has 3 aromatic rings. The van der Waals surface area contributed by atoms with Crippen molar-refractivity contribution < 1.29 is 14.2 Å². The number of aromatic amines is 1. The monoisotopic (exact) mass is 380 g/mol. The van der Waals surface area contributed by atoms with Crippen LogP contribution < -0.4 is 4.74 Å². The minimum absolute atomic E-state index is 0.00251. The number of H-pyrrole nitrogens is 1. The summed E-state index contributed by atoms with van der Waals surface area (Å²) in [7, 11) is 0. The van der Waals surface area contributed by atoms with Gasteiger partial charge in [-0.2, -0.15) is 0 Å². The number of fused-ring (bicyclic) bond motifs is 2. The second kappa shape index (κ2) is 6.55. The van der Waals surface area contributed by atoms with Gasteiger partial charge in [0, 0.05) is 35.8 Å².